The zero-order valence-electron chi connectivity index (χ0n) is 11.8. The Morgan fingerprint density at radius 1 is 1.45 bits per heavy atom. The Kier molecular flexibility index (Phi) is 7.36. The molecule has 112 valence electrons. The molecule has 1 amide bonds. The molecule has 1 unspecified atom stereocenters. The van der Waals surface area contributed by atoms with Crippen molar-refractivity contribution < 1.29 is 14.6 Å². The van der Waals surface area contributed by atoms with E-state index >= 15 is 0 Å². The molecule has 0 radical (unpaired) electrons. The largest absolute Gasteiger partial charge is 0.489 e. The molecule has 6 heteroatoms. The molecule has 1 atom stereocenters. The maximum atomic E-state index is 11.3. The summed E-state index contributed by atoms with van der Waals surface area (Å²) in [6.45, 7) is 1.05. The predicted octanol–water partition coefficient (Wildman–Crippen LogP) is 1.15. The molecule has 0 saturated carbocycles. The Morgan fingerprint density at radius 2 is 2.15 bits per heavy atom. The number of para-hydroxylation sites is 1. The first kappa shape index (κ1) is 16.8. The van der Waals surface area contributed by atoms with Gasteiger partial charge in [0.25, 0.3) is 0 Å². The van der Waals surface area contributed by atoms with Crippen LogP contribution in [0, 0.1) is 0 Å². The van der Waals surface area contributed by atoms with Crippen LogP contribution in [0.3, 0.4) is 0 Å². The zero-order chi connectivity index (χ0) is 15.0. The van der Waals surface area contributed by atoms with E-state index in [0.29, 0.717) is 30.3 Å². The molecule has 0 aliphatic heterocycles. The van der Waals surface area contributed by atoms with Gasteiger partial charge in [0.15, 0.2) is 0 Å². The van der Waals surface area contributed by atoms with Crippen LogP contribution in [0.5, 0.6) is 5.75 Å². The van der Waals surface area contributed by atoms with Crippen LogP contribution in [0.25, 0.3) is 0 Å². The number of carbonyl (C=O) groups excluding carboxylic acids is 1. The van der Waals surface area contributed by atoms with E-state index in [1.165, 1.54) is 0 Å². The number of aliphatic hydroxyl groups is 1. The average Bonchev–Trinajstić information content (AvgIpc) is 2.42. The first-order chi connectivity index (χ1) is 9.50. The number of aliphatic hydroxyl groups excluding tert-OH is 1. The highest BCUT2D eigenvalue weighted by Gasteiger charge is 2.08. The molecular weight excluding hydrogens is 280 g/mol. The summed E-state index contributed by atoms with van der Waals surface area (Å²) in [7, 11) is 3.43. The SMILES string of the molecule is CN(C)C(=O)CCNCC(O)COc1ccccc1Cl. The van der Waals surface area contributed by atoms with Gasteiger partial charge in [-0.25, -0.2) is 0 Å². The van der Waals surface area contributed by atoms with Gasteiger partial charge in [-0.2, -0.15) is 0 Å². The quantitative estimate of drug-likeness (QED) is 0.707. The Hall–Kier alpha value is -1.30. The van der Waals surface area contributed by atoms with E-state index < -0.39 is 6.10 Å². The number of nitrogens with zero attached hydrogens (tertiary/aromatic N) is 1. The van der Waals surface area contributed by atoms with Crippen LogP contribution < -0.4 is 10.1 Å². The molecule has 2 N–H and O–H groups in total. The summed E-state index contributed by atoms with van der Waals surface area (Å²) in [5.74, 6) is 0.607. The number of carbonyl (C=O) groups is 1. The molecule has 5 nitrogen and oxygen atoms in total. The van der Waals surface area contributed by atoms with Gasteiger partial charge in [-0.3, -0.25) is 4.79 Å². The van der Waals surface area contributed by atoms with E-state index in [1.54, 1.807) is 31.1 Å². The second kappa shape index (κ2) is 8.79. The van der Waals surface area contributed by atoms with Gasteiger partial charge in [-0.1, -0.05) is 23.7 Å². The van der Waals surface area contributed by atoms with E-state index in [9.17, 15) is 9.90 Å². The molecule has 0 aliphatic carbocycles. The Labute approximate surface area is 124 Å². The van der Waals surface area contributed by atoms with Crippen molar-refractivity contribution in [1.82, 2.24) is 10.2 Å². The summed E-state index contributed by atoms with van der Waals surface area (Å²) in [6, 6.07) is 7.11. The summed E-state index contributed by atoms with van der Waals surface area (Å²) in [5, 5.41) is 13.3. The van der Waals surface area contributed by atoms with Crippen LogP contribution in [-0.2, 0) is 4.79 Å². The third kappa shape index (κ3) is 6.23. The van der Waals surface area contributed by atoms with Gasteiger partial charge in [0.2, 0.25) is 5.91 Å². The molecule has 1 aromatic carbocycles. The van der Waals surface area contributed by atoms with Gasteiger partial charge in [0.1, 0.15) is 18.5 Å². The standard InChI is InChI=1S/C14H21ClN2O3/c1-17(2)14(19)7-8-16-9-11(18)10-20-13-6-4-3-5-12(13)15/h3-6,11,16,18H,7-10H2,1-2H3. The van der Waals surface area contributed by atoms with Gasteiger partial charge < -0.3 is 20.1 Å². The number of nitrogens with one attached hydrogen (secondary N) is 1. The van der Waals surface area contributed by atoms with Crippen LogP contribution in [0.15, 0.2) is 24.3 Å². The lowest BCUT2D eigenvalue weighted by Gasteiger charge is -2.14. The molecule has 1 rings (SSSR count). The number of amides is 1. The number of hydrogen-bond acceptors (Lipinski definition) is 4. The van der Waals surface area contributed by atoms with Crippen molar-refractivity contribution in [1.29, 1.82) is 0 Å². The number of halogens is 1. The Morgan fingerprint density at radius 3 is 2.80 bits per heavy atom. The minimum absolute atomic E-state index is 0.0549. The molecule has 20 heavy (non-hydrogen) atoms. The first-order valence-corrected chi connectivity index (χ1v) is 6.84. The fourth-order valence-electron chi connectivity index (χ4n) is 1.49. The maximum absolute atomic E-state index is 11.3. The maximum Gasteiger partial charge on any atom is 0.223 e. The van der Waals surface area contributed by atoms with Crippen molar-refractivity contribution in [3.63, 3.8) is 0 Å². The second-order valence-corrected chi connectivity index (χ2v) is 5.04. The van der Waals surface area contributed by atoms with E-state index in [4.69, 9.17) is 16.3 Å². The second-order valence-electron chi connectivity index (χ2n) is 4.64. The van der Waals surface area contributed by atoms with Crippen molar-refractivity contribution in [2.24, 2.45) is 0 Å². The highest BCUT2D eigenvalue weighted by molar-refractivity contribution is 6.32. The highest BCUT2D eigenvalue weighted by Crippen LogP contribution is 2.22. The third-order valence-electron chi connectivity index (χ3n) is 2.66. The van der Waals surface area contributed by atoms with Crippen LogP contribution in [0.2, 0.25) is 5.02 Å². The normalized spacial score (nSPS) is 12.0. The minimum Gasteiger partial charge on any atom is -0.489 e. The van der Waals surface area contributed by atoms with Gasteiger partial charge in [0, 0.05) is 33.6 Å². The van der Waals surface area contributed by atoms with Gasteiger partial charge in [-0.05, 0) is 12.1 Å². The Bertz CT molecular complexity index is 427. The van der Waals surface area contributed by atoms with Crippen molar-refractivity contribution in [2.75, 3.05) is 33.8 Å². The lowest BCUT2D eigenvalue weighted by molar-refractivity contribution is -0.128. The van der Waals surface area contributed by atoms with E-state index in [2.05, 4.69) is 5.32 Å². The Balaban J connectivity index is 2.16. The monoisotopic (exact) mass is 300 g/mol. The van der Waals surface area contributed by atoms with E-state index in [-0.39, 0.29) is 12.5 Å². The van der Waals surface area contributed by atoms with Crippen molar-refractivity contribution >= 4 is 17.5 Å². The zero-order valence-corrected chi connectivity index (χ0v) is 12.6. The van der Waals surface area contributed by atoms with Gasteiger partial charge >= 0.3 is 0 Å². The van der Waals surface area contributed by atoms with Crippen molar-refractivity contribution in [3.05, 3.63) is 29.3 Å². The first-order valence-electron chi connectivity index (χ1n) is 6.47. The number of hydrogen-bond donors (Lipinski definition) is 2. The van der Waals surface area contributed by atoms with Crippen LogP contribution in [0.4, 0.5) is 0 Å². The van der Waals surface area contributed by atoms with Crippen molar-refractivity contribution in [3.8, 4) is 5.75 Å². The molecule has 0 heterocycles. The topological polar surface area (TPSA) is 61.8 Å². The predicted molar refractivity (Wildman–Crippen MR) is 79.1 cm³/mol. The average molecular weight is 301 g/mol. The lowest BCUT2D eigenvalue weighted by atomic mass is 10.3. The number of rotatable bonds is 8. The summed E-state index contributed by atoms with van der Waals surface area (Å²) in [6.07, 6.45) is -0.244. The van der Waals surface area contributed by atoms with Crippen LogP contribution in [-0.4, -0.2) is 55.8 Å². The lowest BCUT2D eigenvalue weighted by Crippen LogP contribution is -2.34. The molecular formula is C14H21ClN2O3. The third-order valence-corrected chi connectivity index (χ3v) is 2.97. The number of benzene rings is 1. The molecule has 0 saturated heterocycles. The molecule has 0 bridgehead atoms. The molecule has 0 aromatic heterocycles. The summed E-state index contributed by atoms with van der Waals surface area (Å²) >= 11 is 5.93. The summed E-state index contributed by atoms with van der Waals surface area (Å²) < 4.78 is 5.42. The smallest absolute Gasteiger partial charge is 0.223 e. The fourth-order valence-corrected chi connectivity index (χ4v) is 1.68. The minimum atomic E-state index is -0.652. The van der Waals surface area contributed by atoms with Crippen molar-refractivity contribution in [2.45, 2.75) is 12.5 Å². The fraction of sp³-hybridized carbons (Fsp3) is 0.500. The van der Waals surface area contributed by atoms with Gasteiger partial charge in [0.05, 0.1) is 5.02 Å². The number of ether oxygens (including phenoxy) is 1. The molecule has 0 fully saturated rings. The molecule has 0 aliphatic rings. The van der Waals surface area contributed by atoms with Crippen LogP contribution >= 0.6 is 11.6 Å². The highest BCUT2D eigenvalue weighted by atomic mass is 35.5. The van der Waals surface area contributed by atoms with Gasteiger partial charge in [-0.15, -0.1) is 0 Å². The van der Waals surface area contributed by atoms with E-state index in [1.807, 2.05) is 12.1 Å². The molecule has 0 spiro atoms. The summed E-state index contributed by atoms with van der Waals surface area (Å²) in [5.41, 5.74) is 0. The summed E-state index contributed by atoms with van der Waals surface area (Å²) in [4.78, 5) is 12.9. The van der Waals surface area contributed by atoms with E-state index in [0.717, 1.165) is 0 Å². The molecule has 1 aromatic rings. The van der Waals surface area contributed by atoms with Crippen LogP contribution in [0.1, 0.15) is 6.42 Å².